The zero-order valence-electron chi connectivity index (χ0n) is 12.3. The molecule has 0 aliphatic carbocycles. The van der Waals surface area contributed by atoms with Crippen LogP contribution in [0, 0.1) is 5.92 Å². The molecule has 2 rings (SSSR count). The maximum absolute atomic E-state index is 4.57. The smallest absolute Gasteiger partial charge is 0.0654 e. The van der Waals surface area contributed by atoms with Crippen molar-refractivity contribution < 1.29 is 0 Å². The van der Waals surface area contributed by atoms with Gasteiger partial charge in [-0.3, -0.25) is 4.68 Å². The van der Waals surface area contributed by atoms with Gasteiger partial charge < -0.3 is 5.32 Å². The van der Waals surface area contributed by atoms with Crippen molar-refractivity contribution in [1.82, 2.24) is 15.1 Å². The van der Waals surface area contributed by atoms with Gasteiger partial charge in [-0.25, -0.2) is 0 Å². The van der Waals surface area contributed by atoms with Crippen LogP contribution in [-0.4, -0.2) is 21.9 Å². The highest BCUT2D eigenvalue weighted by Crippen LogP contribution is 2.31. The molecule has 3 heteroatoms. The summed E-state index contributed by atoms with van der Waals surface area (Å²) in [5, 5.41) is 8.34. The van der Waals surface area contributed by atoms with Crippen LogP contribution in [0.4, 0.5) is 0 Å². The molecule has 102 valence electrons. The summed E-state index contributed by atoms with van der Waals surface area (Å²) in [6, 6.07) is 0. The van der Waals surface area contributed by atoms with Crippen LogP contribution in [0.1, 0.15) is 51.3 Å². The summed E-state index contributed by atoms with van der Waals surface area (Å²) in [7, 11) is 2.03. The molecular formula is C15H27N3. The molecular weight excluding hydrogens is 222 g/mol. The molecule has 0 bridgehead atoms. The van der Waals surface area contributed by atoms with Crippen LogP contribution in [0.5, 0.6) is 0 Å². The zero-order valence-corrected chi connectivity index (χ0v) is 12.3. The summed E-state index contributed by atoms with van der Waals surface area (Å²) >= 11 is 0. The van der Waals surface area contributed by atoms with Crippen molar-refractivity contribution >= 4 is 0 Å². The molecule has 1 aromatic rings. The van der Waals surface area contributed by atoms with Crippen LogP contribution in [0.2, 0.25) is 0 Å². The van der Waals surface area contributed by atoms with Crippen LogP contribution in [0.15, 0.2) is 6.20 Å². The van der Waals surface area contributed by atoms with Crippen molar-refractivity contribution in [2.24, 2.45) is 13.0 Å². The lowest BCUT2D eigenvalue weighted by molar-refractivity contribution is 0.301. The van der Waals surface area contributed by atoms with Crippen molar-refractivity contribution in [3.63, 3.8) is 0 Å². The predicted octanol–water partition coefficient (Wildman–Crippen LogP) is 2.69. The third kappa shape index (κ3) is 2.94. The van der Waals surface area contributed by atoms with E-state index in [4.69, 9.17) is 0 Å². The summed E-state index contributed by atoms with van der Waals surface area (Å²) < 4.78 is 1.96. The minimum Gasteiger partial charge on any atom is -0.311 e. The van der Waals surface area contributed by atoms with Crippen molar-refractivity contribution in [3.05, 3.63) is 17.5 Å². The van der Waals surface area contributed by atoms with E-state index in [1.807, 2.05) is 11.7 Å². The number of aromatic nitrogens is 2. The van der Waals surface area contributed by atoms with Gasteiger partial charge in [-0.05, 0) is 50.1 Å². The minimum absolute atomic E-state index is 0.321. The van der Waals surface area contributed by atoms with E-state index in [1.54, 1.807) is 0 Å². The number of hydrogen-bond acceptors (Lipinski definition) is 2. The Morgan fingerprint density at radius 2 is 2.28 bits per heavy atom. The number of nitrogens with zero attached hydrogens (tertiary/aromatic N) is 2. The molecule has 1 N–H and O–H groups in total. The second kappa shape index (κ2) is 5.43. The predicted molar refractivity (Wildman–Crippen MR) is 75.7 cm³/mol. The Labute approximate surface area is 111 Å². The molecule has 0 radical (unpaired) electrons. The quantitative estimate of drug-likeness (QED) is 0.869. The first-order chi connectivity index (χ1) is 8.54. The van der Waals surface area contributed by atoms with E-state index in [0.717, 1.165) is 18.8 Å². The monoisotopic (exact) mass is 249 g/mol. The molecule has 1 atom stereocenters. The van der Waals surface area contributed by atoms with Crippen LogP contribution >= 0.6 is 0 Å². The van der Waals surface area contributed by atoms with E-state index < -0.39 is 0 Å². The van der Waals surface area contributed by atoms with Gasteiger partial charge >= 0.3 is 0 Å². The Morgan fingerprint density at radius 3 is 2.83 bits per heavy atom. The highest BCUT2D eigenvalue weighted by Gasteiger charge is 2.34. The lowest BCUT2D eigenvalue weighted by Gasteiger charge is -2.31. The van der Waals surface area contributed by atoms with Gasteiger partial charge in [0.1, 0.15) is 0 Å². The normalized spacial score (nSPS) is 24.1. The summed E-state index contributed by atoms with van der Waals surface area (Å²) in [4.78, 5) is 0. The van der Waals surface area contributed by atoms with Crippen LogP contribution < -0.4 is 5.32 Å². The highest BCUT2D eigenvalue weighted by molar-refractivity contribution is 5.21. The van der Waals surface area contributed by atoms with Gasteiger partial charge in [-0.1, -0.05) is 20.8 Å². The van der Waals surface area contributed by atoms with E-state index in [-0.39, 0.29) is 0 Å². The van der Waals surface area contributed by atoms with Gasteiger partial charge in [0.15, 0.2) is 0 Å². The number of rotatable bonds is 5. The van der Waals surface area contributed by atoms with Gasteiger partial charge in [0.05, 0.1) is 5.69 Å². The lowest BCUT2D eigenvalue weighted by Crippen LogP contribution is -2.43. The third-order valence-corrected chi connectivity index (χ3v) is 3.99. The highest BCUT2D eigenvalue weighted by atomic mass is 15.3. The van der Waals surface area contributed by atoms with E-state index in [0.29, 0.717) is 5.54 Å². The third-order valence-electron chi connectivity index (χ3n) is 3.99. The summed E-state index contributed by atoms with van der Waals surface area (Å²) in [5.41, 5.74) is 3.03. The minimum atomic E-state index is 0.321. The molecule has 0 amide bonds. The Bertz CT molecular complexity index is 386. The number of aryl methyl sites for hydroxylation is 2. The molecule has 0 spiro atoms. The maximum atomic E-state index is 4.57. The van der Waals surface area contributed by atoms with Crippen molar-refractivity contribution in [2.75, 3.05) is 6.54 Å². The van der Waals surface area contributed by atoms with Crippen LogP contribution in [0.25, 0.3) is 0 Å². The SMILES string of the molecule is CCc1nn(C)cc1CC1(CC(C)C)CCCN1. The fraction of sp³-hybridized carbons (Fsp3) is 0.800. The summed E-state index contributed by atoms with van der Waals surface area (Å²) in [6.45, 7) is 8.02. The first kappa shape index (κ1) is 13.6. The molecule has 1 unspecified atom stereocenters. The topological polar surface area (TPSA) is 29.9 Å². The Morgan fingerprint density at radius 1 is 1.50 bits per heavy atom. The van der Waals surface area contributed by atoms with Gasteiger partial charge in [0, 0.05) is 18.8 Å². The number of nitrogens with one attached hydrogen (secondary N) is 1. The average Bonchev–Trinajstić information content (AvgIpc) is 2.85. The Kier molecular flexibility index (Phi) is 4.10. The molecule has 1 aliphatic heterocycles. The van der Waals surface area contributed by atoms with Crippen molar-refractivity contribution in [2.45, 2.75) is 58.4 Å². The molecule has 3 nitrogen and oxygen atoms in total. The molecule has 18 heavy (non-hydrogen) atoms. The molecule has 1 saturated heterocycles. The molecule has 1 fully saturated rings. The molecule has 2 heterocycles. The van der Waals surface area contributed by atoms with Gasteiger partial charge in [-0.15, -0.1) is 0 Å². The van der Waals surface area contributed by atoms with Crippen molar-refractivity contribution in [1.29, 1.82) is 0 Å². The van der Waals surface area contributed by atoms with Gasteiger partial charge in [-0.2, -0.15) is 5.10 Å². The zero-order chi connectivity index (χ0) is 13.2. The number of hydrogen-bond donors (Lipinski definition) is 1. The van der Waals surface area contributed by atoms with E-state index >= 15 is 0 Å². The van der Waals surface area contributed by atoms with Crippen LogP contribution in [0.3, 0.4) is 0 Å². The lowest BCUT2D eigenvalue weighted by atomic mass is 9.82. The standard InChI is InChI=1S/C15H27N3/c1-5-14-13(11-18(4)17-14)10-15(9-12(2)3)7-6-8-16-15/h11-12,16H,5-10H2,1-4H3. The first-order valence-corrected chi connectivity index (χ1v) is 7.31. The van der Waals surface area contributed by atoms with Gasteiger partial charge in [0.2, 0.25) is 0 Å². The fourth-order valence-corrected chi connectivity index (χ4v) is 3.44. The van der Waals surface area contributed by atoms with E-state index in [9.17, 15) is 0 Å². The van der Waals surface area contributed by atoms with E-state index in [1.165, 1.54) is 37.1 Å². The Hall–Kier alpha value is -0.830. The summed E-state index contributed by atoms with van der Waals surface area (Å²) in [5.74, 6) is 0.748. The summed E-state index contributed by atoms with van der Waals surface area (Å²) in [6.07, 6.45) is 8.28. The molecule has 0 aromatic carbocycles. The molecule has 0 saturated carbocycles. The van der Waals surface area contributed by atoms with E-state index in [2.05, 4.69) is 37.4 Å². The Balaban J connectivity index is 2.17. The first-order valence-electron chi connectivity index (χ1n) is 7.31. The van der Waals surface area contributed by atoms with Crippen LogP contribution in [-0.2, 0) is 19.9 Å². The molecule has 1 aromatic heterocycles. The second-order valence-corrected chi connectivity index (χ2v) is 6.21. The van der Waals surface area contributed by atoms with Crippen molar-refractivity contribution in [3.8, 4) is 0 Å². The fourth-order valence-electron chi connectivity index (χ4n) is 3.44. The second-order valence-electron chi connectivity index (χ2n) is 6.21. The largest absolute Gasteiger partial charge is 0.311 e. The van der Waals surface area contributed by atoms with Gasteiger partial charge in [0.25, 0.3) is 0 Å². The maximum Gasteiger partial charge on any atom is 0.0654 e. The average molecular weight is 249 g/mol. The molecule has 1 aliphatic rings.